The molecule has 0 aliphatic rings. The molecule has 0 aliphatic carbocycles. The molecule has 0 aliphatic heterocycles. The molecular weight excluding hydrogens is 240 g/mol. The summed E-state index contributed by atoms with van der Waals surface area (Å²) < 4.78 is 0. The number of hydrogen-bond acceptors (Lipinski definition) is 3. The molecule has 19 heavy (non-hydrogen) atoms. The van der Waals surface area contributed by atoms with Crippen LogP contribution >= 0.6 is 0 Å². The second kappa shape index (κ2) is 6.57. The minimum absolute atomic E-state index is 0.206. The Morgan fingerprint density at radius 2 is 1.68 bits per heavy atom. The van der Waals surface area contributed by atoms with Crippen molar-refractivity contribution in [2.24, 2.45) is 5.92 Å². The highest BCUT2D eigenvalue weighted by Gasteiger charge is 2.18. The maximum atomic E-state index is 10.9. The number of carboxylic acid groups (broad SMARTS) is 1. The van der Waals surface area contributed by atoms with E-state index in [9.17, 15) is 4.79 Å². The molecule has 0 heterocycles. The molecule has 106 valence electrons. The van der Waals surface area contributed by atoms with Crippen LogP contribution in [0.15, 0.2) is 24.3 Å². The summed E-state index contributed by atoms with van der Waals surface area (Å²) in [6, 6.07) is 8.57. The van der Waals surface area contributed by atoms with Crippen molar-refractivity contribution in [3.8, 4) is 0 Å². The van der Waals surface area contributed by atoms with E-state index < -0.39 is 5.97 Å². The smallest absolute Gasteiger partial charge is 0.307 e. The predicted molar refractivity (Wildman–Crippen MR) is 78.6 cm³/mol. The molecule has 2 atom stereocenters. The third kappa shape index (κ3) is 4.24. The molecule has 0 bridgehead atoms. The van der Waals surface area contributed by atoms with Gasteiger partial charge in [0.2, 0.25) is 0 Å². The van der Waals surface area contributed by atoms with Gasteiger partial charge in [-0.3, -0.25) is 9.69 Å². The Hall–Kier alpha value is -1.55. The molecule has 4 heteroatoms. The Morgan fingerprint density at radius 1 is 1.16 bits per heavy atom. The fourth-order valence-electron chi connectivity index (χ4n) is 1.97. The maximum Gasteiger partial charge on any atom is 0.307 e. The van der Waals surface area contributed by atoms with Crippen LogP contribution in [0, 0.1) is 5.92 Å². The molecule has 0 fully saturated rings. The van der Waals surface area contributed by atoms with Crippen LogP contribution in [0.1, 0.15) is 25.5 Å². The summed E-state index contributed by atoms with van der Waals surface area (Å²) in [4.78, 5) is 15.0. The maximum absolute atomic E-state index is 10.9. The zero-order valence-corrected chi connectivity index (χ0v) is 12.4. The molecule has 0 saturated heterocycles. The lowest BCUT2D eigenvalue weighted by molar-refractivity contribution is -0.141. The number of aliphatic carboxylic acids is 1. The van der Waals surface area contributed by atoms with Crippen molar-refractivity contribution in [2.45, 2.75) is 19.9 Å². The number of nitrogens with zero attached hydrogens (tertiary/aromatic N) is 2. The van der Waals surface area contributed by atoms with E-state index in [1.165, 1.54) is 5.56 Å². The lowest BCUT2D eigenvalue weighted by atomic mass is 10.0. The van der Waals surface area contributed by atoms with Crippen molar-refractivity contribution in [3.05, 3.63) is 29.8 Å². The number of carbonyl (C=O) groups is 1. The van der Waals surface area contributed by atoms with Crippen LogP contribution in [0.25, 0.3) is 0 Å². The first-order valence-electron chi connectivity index (χ1n) is 6.53. The van der Waals surface area contributed by atoms with Crippen LogP contribution in [0.3, 0.4) is 0 Å². The van der Waals surface area contributed by atoms with Gasteiger partial charge in [0.15, 0.2) is 0 Å². The molecule has 4 nitrogen and oxygen atoms in total. The van der Waals surface area contributed by atoms with E-state index in [1.54, 1.807) is 6.92 Å². The third-order valence-corrected chi connectivity index (χ3v) is 3.54. The summed E-state index contributed by atoms with van der Waals surface area (Å²) in [6.07, 6.45) is 0. The zero-order valence-electron chi connectivity index (χ0n) is 12.4. The predicted octanol–water partition coefficient (Wildman–Crippen LogP) is 2.47. The van der Waals surface area contributed by atoms with Gasteiger partial charge in [0, 0.05) is 32.4 Å². The summed E-state index contributed by atoms with van der Waals surface area (Å²) in [7, 11) is 5.99. The largest absolute Gasteiger partial charge is 0.481 e. The molecule has 0 saturated carbocycles. The Morgan fingerprint density at radius 3 is 2.11 bits per heavy atom. The lowest BCUT2D eigenvalue weighted by Gasteiger charge is -2.27. The molecule has 0 aromatic heterocycles. The van der Waals surface area contributed by atoms with Gasteiger partial charge < -0.3 is 10.0 Å². The molecule has 2 unspecified atom stereocenters. The first kappa shape index (κ1) is 15.5. The van der Waals surface area contributed by atoms with E-state index >= 15 is 0 Å². The molecular formula is C15H24N2O2. The van der Waals surface area contributed by atoms with Crippen molar-refractivity contribution >= 4 is 11.7 Å². The average Bonchev–Trinajstić information content (AvgIpc) is 2.37. The monoisotopic (exact) mass is 264 g/mol. The van der Waals surface area contributed by atoms with Gasteiger partial charge in [-0.05, 0) is 31.7 Å². The summed E-state index contributed by atoms with van der Waals surface area (Å²) in [5.41, 5.74) is 2.36. The van der Waals surface area contributed by atoms with E-state index in [0.717, 1.165) is 5.69 Å². The van der Waals surface area contributed by atoms with Crippen molar-refractivity contribution in [3.63, 3.8) is 0 Å². The van der Waals surface area contributed by atoms with Crippen LogP contribution in [0.5, 0.6) is 0 Å². The van der Waals surface area contributed by atoms with Crippen molar-refractivity contribution in [1.82, 2.24) is 4.90 Å². The number of hydrogen-bond donors (Lipinski definition) is 1. The Kier molecular flexibility index (Phi) is 5.36. The molecule has 0 amide bonds. The van der Waals surface area contributed by atoms with Crippen LogP contribution in [0.2, 0.25) is 0 Å². The second-order valence-electron chi connectivity index (χ2n) is 5.34. The molecule has 1 aromatic carbocycles. The van der Waals surface area contributed by atoms with Crippen LogP contribution < -0.4 is 4.90 Å². The van der Waals surface area contributed by atoms with Gasteiger partial charge in [0.05, 0.1) is 5.92 Å². The Bertz CT molecular complexity index is 415. The van der Waals surface area contributed by atoms with Crippen LogP contribution in [-0.2, 0) is 4.79 Å². The normalized spacial score (nSPS) is 14.2. The van der Waals surface area contributed by atoms with E-state index in [4.69, 9.17) is 5.11 Å². The van der Waals surface area contributed by atoms with Gasteiger partial charge in [-0.15, -0.1) is 0 Å². The van der Waals surface area contributed by atoms with Crippen LogP contribution in [0.4, 0.5) is 5.69 Å². The first-order valence-corrected chi connectivity index (χ1v) is 6.53. The van der Waals surface area contributed by atoms with Gasteiger partial charge in [-0.2, -0.15) is 0 Å². The molecule has 1 N–H and O–H groups in total. The second-order valence-corrected chi connectivity index (χ2v) is 5.34. The summed E-state index contributed by atoms with van der Waals surface area (Å²) >= 11 is 0. The molecule has 1 rings (SSSR count). The highest BCUT2D eigenvalue weighted by Crippen LogP contribution is 2.22. The first-order chi connectivity index (χ1) is 8.82. The van der Waals surface area contributed by atoms with Crippen molar-refractivity contribution < 1.29 is 9.90 Å². The molecule has 0 radical (unpaired) electrons. The fourth-order valence-corrected chi connectivity index (χ4v) is 1.97. The highest BCUT2D eigenvalue weighted by molar-refractivity contribution is 5.69. The number of anilines is 1. The van der Waals surface area contributed by atoms with Gasteiger partial charge >= 0.3 is 5.97 Å². The van der Waals surface area contributed by atoms with E-state index in [1.807, 2.05) is 21.1 Å². The van der Waals surface area contributed by atoms with E-state index in [0.29, 0.717) is 6.54 Å². The number of benzene rings is 1. The fraction of sp³-hybridized carbons (Fsp3) is 0.533. The summed E-state index contributed by atoms with van der Waals surface area (Å²) in [6.45, 7) is 4.38. The number of carboxylic acids is 1. The standard InChI is InChI=1S/C15H24N2O2/c1-11(15(18)19)10-17(5)12(2)13-6-8-14(9-7-13)16(3)4/h6-9,11-12H,10H2,1-5H3,(H,18,19). The Balaban J connectivity index is 2.71. The zero-order chi connectivity index (χ0) is 14.6. The van der Waals surface area contributed by atoms with E-state index in [2.05, 4.69) is 41.0 Å². The van der Waals surface area contributed by atoms with Gasteiger partial charge in [0.1, 0.15) is 0 Å². The number of rotatable bonds is 6. The van der Waals surface area contributed by atoms with Gasteiger partial charge in [-0.1, -0.05) is 19.1 Å². The van der Waals surface area contributed by atoms with Crippen molar-refractivity contribution in [2.75, 3.05) is 32.6 Å². The third-order valence-electron chi connectivity index (χ3n) is 3.54. The summed E-state index contributed by atoms with van der Waals surface area (Å²) in [5, 5.41) is 8.95. The molecule has 1 aromatic rings. The van der Waals surface area contributed by atoms with Gasteiger partial charge in [0.25, 0.3) is 0 Å². The SMILES string of the molecule is CC(CN(C)C(C)c1ccc(N(C)C)cc1)C(=O)O. The van der Waals surface area contributed by atoms with E-state index in [-0.39, 0.29) is 12.0 Å². The molecule has 0 spiro atoms. The highest BCUT2D eigenvalue weighted by atomic mass is 16.4. The van der Waals surface area contributed by atoms with Gasteiger partial charge in [-0.25, -0.2) is 0 Å². The minimum Gasteiger partial charge on any atom is -0.481 e. The Labute approximate surface area is 115 Å². The lowest BCUT2D eigenvalue weighted by Crippen LogP contribution is -2.30. The summed E-state index contributed by atoms with van der Waals surface area (Å²) in [5.74, 6) is -1.10. The quantitative estimate of drug-likeness (QED) is 0.857. The average molecular weight is 264 g/mol. The minimum atomic E-state index is -0.748. The van der Waals surface area contributed by atoms with Crippen molar-refractivity contribution in [1.29, 1.82) is 0 Å². The van der Waals surface area contributed by atoms with Crippen LogP contribution in [-0.4, -0.2) is 43.7 Å². The topological polar surface area (TPSA) is 43.8 Å².